The molecule has 0 spiro atoms. The number of H-pyrrole nitrogens is 1. The van der Waals surface area contributed by atoms with Crippen LogP contribution < -0.4 is 11.2 Å². The summed E-state index contributed by atoms with van der Waals surface area (Å²) in [5.41, 5.74) is -1.29. The SMILES string of the molecule is CO.CO.COC1C(O)C(CO[P+](=O)O)OC1n1ccc(=O)[nH]c1=O. The average molecular weight is 385 g/mol. The van der Waals surface area contributed by atoms with E-state index >= 15 is 0 Å². The molecule has 0 saturated carbocycles. The maximum Gasteiger partial charge on any atom is 0.694 e. The zero-order valence-electron chi connectivity index (χ0n) is 13.8. The highest BCUT2D eigenvalue weighted by molar-refractivity contribution is 7.32. The second-order valence-electron chi connectivity index (χ2n) is 4.31. The summed E-state index contributed by atoms with van der Waals surface area (Å²) >= 11 is 0. The summed E-state index contributed by atoms with van der Waals surface area (Å²) in [6.07, 6.45) is -2.82. The van der Waals surface area contributed by atoms with Gasteiger partial charge >= 0.3 is 13.9 Å². The summed E-state index contributed by atoms with van der Waals surface area (Å²) in [6.45, 7) is -0.346. The first-order valence-corrected chi connectivity index (χ1v) is 7.93. The Morgan fingerprint density at radius 1 is 1.32 bits per heavy atom. The van der Waals surface area contributed by atoms with Crippen molar-refractivity contribution in [3.05, 3.63) is 33.1 Å². The van der Waals surface area contributed by atoms with Gasteiger partial charge in [-0.1, -0.05) is 0 Å². The van der Waals surface area contributed by atoms with Gasteiger partial charge in [0.15, 0.2) is 6.23 Å². The number of ether oxygens (including phenoxy) is 2. The van der Waals surface area contributed by atoms with Crippen LogP contribution in [-0.2, 0) is 18.6 Å². The van der Waals surface area contributed by atoms with Gasteiger partial charge in [0.05, 0.1) is 0 Å². The van der Waals surface area contributed by atoms with Crippen molar-refractivity contribution < 1.29 is 38.8 Å². The van der Waals surface area contributed by atoms with Gasteiger partial charge in [-0.25, -0.2) is 4.79 Å². The fourth-order valence-corrected chi connectivity index (χ4v) is 2.37. The molecule has 13 heteroatoms. The highest BCUT2D eigenvalue weighted by Gasteiger charge is 2.46. The zero-order chi connectivity index (χ0) is 19.6. The highest BCUT2D eigenvalue weighted by Crippen LogP contribution is 2.31. The van der Waals surface area contributed by atoms with Crippen LogP contribution in [0.2, 0.25) is 0 Å². The lowest BCUT2D eigenvalue weighted by Gasteiger charge is -2.19. The largest absolute Gasteiger partial charge is 0.694 e. The van der Waals surface area contributed by atoms with E-state index in [-0.39, 0.29) is 6.61 Å². The molecule has 2 heterocycles. The molecule has 0 aliphatic carbocycles. The van der Waals surface area contributed by atoms with E-state index in [9.17, 15) is 19.3 Å². The summed E-state index contributed by atoms with van der Waals surface area (Å²) < 4.78 is 26.6. The molecular formula is C12H22N2O10P+. The number of hydrogen-bond acceptors (Lipinski definition) is 9. The molecule has 1 saturated heterocycles. The molecule has 0 radical (unpaired) electrons. The molecule has 25 heavy (non-hydrogen) atoms. The van der Waals surface area contributed by atoms with E-state index in [0.29, 0.717) is 0 Å². The van der Waals surface area contributed by atoms with Crippen molar-refractivity contribution in [2.24, 2.45) is 0 Å². The molecule has 0 amide bonds. The van der Waals surface area contributed by atoms with Crippen LogP contribution >= 0.6 is 8.25 Å². The van der Waals surface area contributed by atoms with Gasteiger partial charge < -0.3 is 24.8 Å². The van der Waals surface area contributed by atoms with Crippen LogP contribution in [0.5, 0.6) is 0 Å². The van der Waals surface area contributed by atoms with Gasteiger partial charge in [0, 0.05) is 38.2 Å². The number of aliphatic hydroxyl groups excluding tert-OH is 3. The third kappa shape index (κ3) is 6.38. The molecule has 5 atom stereocenters. The number of nitrogens with zero attached hydrogens (tertiary/aromatic N) is 1. The smallest absolute Gasteiger partial charge is 0.400 e. The third-order valence-electron chi connectivity index (χ3n) is 3.06. The molecule has 1 fully saturated rings. The lowest BCUT2D eigenvalue weighted by atomic mass is 10.1. The van der Waals surface area contributed by atoms with E-state index < -0.39 is 44.0 Å². The fraction of sp³-hybridized carbons (Fsp3) is 0.667. The van der Waals surface area contributed by atoms with Gasteiger partial charge in [-0.2, -0.15) is 0 Å². The molecule has 2 rings (SSSR count). The quantitative estimate of drug-likeness (QED) is 0.346. The normalized spacial score (nSPS) is 25.3. The molecule has 5 N–H and O–H groups in total. The van der Waals surface area contributed by atoms with E-state index in [4.69, 9.17) is 24.6 Å². The Bertz CT molecular complexity index is 633. The van der Waals surface area contributed by atoms with Crippen molar-refractivity contribution in [2.75, 3.05) is 27.9 Å². The van der Waals surface area contributed by atoms with Crippen molar-refractivity contribution in [1.29, 1.82) is 0 Å². The third-order valence-corrected chi connectivity index (χ3v) is 3.43. The fourth-order valence-electron chi connectivity index (χ4n) is 2.10. The van der Waals surface area contributed by atoms with Crippen molar-refractivity contribution in [3.63, 3.8) is 0 Å². The van der Waals surface area contributed by atoms with Gasteiger partial charge in [-0.15, -0.1) is 9.42 Å². The monoisotopic (exact) mass is 385 g/mol. The second kappa shape index (κ2) is 12.0. The number of nitrogens with one attached hydrogen (secondary N) is 1. The predicted octanol–water partition coefficient (Wildman–Crippen LogP) is -2.31. The van der Waals surface area contributed by atoms with Gasteiger partial charge in [0.2, 0.25) is 0 Å². The number of hydrogen-bond donors (Lipinski definition) is 5. The van der Waals surface area contributed by atoms with Crippen LogP contribution in [0.4, 0.5) is 0 Å². The summed E-state index contributed by atoms with van der Waals surface area (Å²) in [5, 5.41) is 24.0. The number of aromatic amines is 1. The molecule has 12 nitrogen and oxygen atoms in total. The topological polar surface area (TPSA) is 181 Å². The Kier molecular flexibility index (Phi) is 11.2. The molecule has 1 aromatic heterocycles. The van der Waals surface area contributed by atoms with Crippen LogP contribution in [0.15, 0.2) is 21.9 Å². The summed E-state index contributed by atoms with van der Waals surface area (Å²) in [5.74, 6) is 0. The van der Waals surface area contributed by atoms with Crippen molar-refractivity contribution in [2.45, 2.75) is 24.5 Å². The van der Waals surface area contributed by atoms with Crippen molar-refractivity contribution in [1.82, 2.24) is 9.55 Å². The molecule has 5 unspecified atom stereocenters. The highest BCUT2D eigenvalue weighted by atomic mass is 31.1. The molecule has 1 aliphatic heterocycles. The van der Waals surface area contributed by atoms with E-state index in [1.165, 1.54) is 13.3 Å². The van der Waals surface area contributed by atoms with E-state index in [0.717, 1.165) is 24.9 Å². The molecular weight excluding hydrogens is 363 g/mol. The first-order chi connectivity index (χ1) is 11.9. The van der Waals surface area contributed by atoms with Crippen LogP contribution in [0.25, 0.3) is 0 Å². The summed E-state index contributed by atoms with van der Waals surface area (Å²) in [4.78, 5) is 33.4. The van der Waals surface area contributed by atoms with Gasteiger partial charge in [-0.05, 0) is 0 Å². The van der Waals surface area contributed by atoms with E-state index in [2.05, 4.69) is 9.51 Å². The number of aromatic nitrogens is 2. The van der Waals surface area contributed by atoms with Crippen LogP contribution in [0.3, 0.4) is 0 Å². The maximum absolute atomic E-state index is 11.7. The van der Waals surface area contributed by atoms with Crippen molar-refractivity contribution >= 4 is 8.25 Å². The predicted molar refractivity (Wildman–Crippen MR) is 84.1 cm³/mol. The maximum atomic E-state index is 11.7. The van der Waals surface area contributed by atoms with Crippen molar-refractivity contribution in [3.8, 4) is 0 Å². The minimum Gasteiger partial charge on any atom is -0.400 e. The molecule has 144 valence electrons. The Balaban J connectivity index is 0.00000134. The van der Waals surface area contributed by atoms with Gasteiger partial charge in [0.25, 0.3) is 5.56 Å². The molecule has 1 aliphatic rings. The average Bonchev–Trinajstić information content (AvgIpc) is 2.92. The molecule has 0 bridgehead atoms. The first kappa shape index (κ1) is 23.5. The first-order valence-electron chi connectivity index (χ1n) is 6.80. The Hall–Kier alpha value is -1.50. The Labute approximate surface area is 143 Å². The second-order valence-corrected chi connectivity index (χ2v) is 5.04. The molecule has 0 aromatic carbocycles. The lowest BCUT2D eigenvalue weighted by molar-refractivity contribution is -0.0604. The Morgan fingerprint density at radius 3 is 2.40 bits per heavy atom. The van der Waals surface area contributed by atoms with Crippen LogP contribution in [0.1, 0.15) is 6.23 Å². The van der Waals surface area contributed by atoms with Gasteiger partial charge in [-0.3, -0.25) is 14.3 Å². The number of methoxy groups -OCH3 is 1. The van der Waals surface area contributed by atoms with Crippen LogP contribution in [-0.4, -0.2) is 76.0 Å². The summed E-state index contributed by atoms with van der Waals surface area (Å²) in [6, 6.07) is 1.12. The van der Waals surface area contributed by atoms with E-state index in [1.807, 2.05) is 0 Å². The number of rotatable bonds is 5. The lowest BCUT2D eigenvalue weighted by Crippen LogP contribution is -2.38. The standard InChI is InChI=1S/C10H13N2O8P.2CH4O/c1-18-8-7(14)5(4-19-21(16)17)20-9(8)12-3-2-6(13)11-10(12)15;2*1-2/h2-3,5,7-9,14H,4H2,1H3,(H-,11,13,15,16,17);2*2H,1H3/p+1. The zero-order valence-corrected chi connectivity index (χ0v) is 14.7. The minimum atomic E-state index is -2.83. The minimum absolute atomic E-state index is 0.346. The Morgan fingerprint density at radius 2 is 1.92 bits per heavy atom. The van der Waals surface area contributed by atoms with Crippen LogP contribution in [0, 0.1) is 0 Å². The number of aliphatic hydroxyl groups is 3. The van der Waals surface area contributed by atoms with E-state index in [1.54, 1.807) is 0 Å². The van der Waals surface area contributed by atoms with Gasteiger partial charge in [0.1, 0.15) is 24.9 Å². The molecule has 1 aromatic rings. The summed E-state index contributed by atoms with van der Waals surface area (Å²) in [7, 11) is 0.485.